The average molecular weight is 260 g/mol. The summed E-state index contributed by atoms with van der Waals surface area (Å²) >= 11 is 0. The number of aryl methyl sites for hydroxylation is 1. The van der Waals surface area contributed by atoms with E-state index in [4.69, 9.17) is 0 Å². The zero-order valence-corrected chi connectivity index (χ0v) is 11.1. The predicted molar refractivity (Wildman–Crippen MR) is 73.9 cm³/mol. The molecule has 1 N–H and O–H groups in total. The predicted octanol–water partition coefficient (Wildman–Crippen LogP) is 2.84. The molecule has 0 aromatic heterocycles. The molecule has 0 saturated carbocycles. The second-order valence-electron chi connectivity index (χ2n) is 4.25. The van der Waals surface area contributed by atoms with Crippen LogP contribution < -0.4 is 0 Å². The molecule has 94 valence electrons. The molecule has 0 aliphatic heterocycles. The van der Waals surface area contributed by atoms with Crippen molar-refractivity contribution in [1.82, 2.24) is 0 Å². The van der Waals surface area contributed by atoms with Crippen molar-refractivity contribution in [2.24, 2.45) is 0 Å². The van der Waals surface area contributed by atoms with E-state index in [1.165, 1.54) is 0 Å². The maximum absolute atomic E-state index is 12.1. The third-order valence-electron chi connectivity index (χ3n) is 2.78. The zero-order valence-electron chi connectivity index (χ0n) is 10.2. The fourth-order valence-electron chi connectivity index (χ4n) is 1.70. The molecule has 0 amide bonds. The van der Waals surface area contributed by atoms with E-state index in [0.717, 1.165) is 16.0 Å². The van der Waals surface area contributed by atoms with Gasteiger partial charge >= 0.3 is 0 Å². The monoisotopic (exact) mass is 260 g/mol. The van der Waals surface area contributed by atoms with Crippen LogP contribution in [0.2, 0.25) is 0 Å². The summed E-state index contributed by atoms with van der Waals surface area (Å²) < 4.78 is 12.1. The SMILES string of the molecule is Cc1ccc([S@](=O)C[C@H](O)c2ccccc2)cc1. The van der Waals surface area contributed by atoms with E-state index in [2.05, 4.69) is 0 Å². The van der Waals surface area contributed by atoms with Crippen molar-refractivity contribution in [2.75, 3.05) is 5.75 Å². The molecule has 0 heterocycles. The first-order chi connectivity index (χ1) is 8.66. The smallest absolute Gasteiger partial charge is 0.0908 e. The largest absolute Gasteiger partial charge is 0.387 e. The fourth-order valence-corrected chi connectivity index (χ4v) is 2.81. The first kappa shape index (κ1) is 13.0. The molecule has 0 bridgehead atoms. The van der Waals surface area contributed by atoms with Crippen molar-refractivity contribution >= 4 is 10.8 Å². The van der Waals surface area contributed by atoms with E-state index in [1.54, 1.807) is 0 Å². The van der Waals surface area contributed by atoms with Crippen LogP contribution in [-0.2, 0) is 10.8 Å². The molecule has 2 rings (SSSR count). The second-order valence-corrected chi connectivity index (χ2v) is 5.75. The standard InChI is InChI=1S/C15H16O2S/c1-12-7-9-14(10-8-12)18(17)11-15(16)13-5-3-2-4-6-13/h2-10,15-16H,11H2,1H3/t15-,18+/m0/s1. The van der Waals surface area contributed by atoms with E-state index >= 15 is 0 Å². The van der Waals surface area contributed by atoms with Crippen LogP contribution in [0, 0.1) is 6.92 Å². The van der Waals surface area contributed by atoms with Gasteiger partial charge in [0, 0.05) is 4.90 Å². The minimum absolute atomic E-state index is 0.229. The van der Waals surface area contributed by atoms with Gasteiger partial charge < -0.3 is 5.11 Å². The summed E-state index contributed by atoms with van der Waals surface area (Å²) in [6.07, 6.45) is -0.687. The van der Waals surface area contributed by atoms with Crippen LogP contribution in [0.1, 0.15) is 17.2 Å². The van der Waals surface area contributed by atoms with Gasteiger partial charge in [0.15, 0.2) is 0 Å². The lowest BCUT2D eigenvalue weighted by molar-refractivity contribution is 0.203. The van der Waals surface area contributed by atoms with Crippen LogP contribution in [-0.4, -0.2) is 15.1 Å². The molecule has 0 radical (unpaired) electrons. The molecule has 0 aliphatic rings. The van der Waals surface area contributed by atoms with E-state index in [0.29, 0.717) is 0 Å². The normalized spacial score (nSPS) is 14.1. The highest BCUT2D eigenvalue weighted by Crippen LogP contribution is 2.17. The van der Waals surface area contributed by atoms with Gasteiger partial charge in [0.05, 0.1) is 22.7 Å². The minimum Gasteiger partial charge on any atom is -0.387 e. The Kier molecular flexibility index (Phi) is 4.28. The van der Waals surface area contributed by atoms with Gasteiger partial charge in [0.25, 0.3) is 0 Å². The van der Waals surface area contributed by atoms with Gasteiger partial charge in [-0.25, -0.2) is 0 Å². The number of hydrogen-bond donors (Lipinski definition) is 1. The number of aliphatic hydroxyl groups excluding tert-OH is 1. The Morgan fingerprint density at radius 3 is 2.28 bits per heavy atom. The molecule has 3 heteroatoms. The summed E-state index contributed by atoms with van der Waals surface area (Å²) in [7, 11) is -1.17. The maximum atomic E-state index is 12.1. The molecule has 0 saturated heterocycles. The third kappa shape index (κ3) is 3.28. The number of hydrogen-bond acceptors (Lipinski definition) is 2. The molecule has 0 unspecified atom stereocenters. The van der Waals surface area contributed by atoms with Crippen molar-refractivity contribution in [2.45, 2.75) is 17.9 Å². The minimum atomic E-state index is -1.17. The van der Waals surface area contributed by atoms with Crippen LogP contribution in [0.25, 0.3) is 0 Å². The molecule has 2 aromatic rings. The highest BCUT2D eigenvalue weighted by Gasteiger charge is 2.12. The Labute approximate surface area is 110 Å². The van der Waals surface area contributed by atoms with E-state index in [-0.39, 0.29) is 5.75 Å². The first-order valence-corrected chi connectivity index (χ1v) is 7.17. The molecular formula is C15H16O2S. The summed E-state index contributed by atoms with van der Waals surface area (Å²) in [6.45, 7) is 1.99. The number of aliphatic hydroxyl groups is 1. The summed E-state index contributed by atoms with van der Waals surface area (Å²) in [6, 6.07) is 16.9. The first-order valence-electron chi connectivity index (χ1n) is 5.85. The highest BCUT2D eigenvalue weighted by atomic mass is 32.2. The number of rotatable bonds is 4. The van der Waals surface area contributed by atoms with Crippen LogP contribution >= 0.6 is 0 Å². The lowest BCUT2D eigenvalue weighted by Crippen LogP contribution is -2.09. The summed E-state index contributed by atoms with van der Waals surface area (Å²) in [4.78, 5) is 0.760. The van der Waals surface area contributed by atoms with Crippen molar-refractivity contribution in [3.8, 4) is 0 Å². The second kappa shape index (κ2) is 5.94. The third-order valence-corrected chi connectivity index (χ3v) is 4.19. The topological polar surface area (TPSA) is 37.3 Å². The quantitative estimate of drug-likeness (QED) is 0.918. The molecule has 2 aromatic carbocycles. The Hall–Kier alpha value is -1.45. The van der Waals surface area contributed by atoms with Crippen LogP contribution in [0.5, 0.6) is 0 Å². The summed E-state index contributed by atoms with van der Waals surface area (Å²) in [5, 5.41) is 10.0. The Bertz CT molecular complexity index is 520. The van der Waals surface area contributed by atoms with Gasteiger partial charge in [-0.05, 0) is 24.6 Å². The van der Waals surface area contributed by atoms with Gasteiger partial charge in [-0.2, -0.15) is 0 Å². The number of benzene rings is 2. The molecule has 2 nitrogen and oxygen atoms in total. The lowest BCUT2D eigenvalue weighted by atomic mass is 10.1. The van der Waals surface area contributed by atoms with Gasteiger partial charge in [0.1, 0.15) is 0 Å². The van der Waals surface area contributed by atoms with E-state index in [1.807, 2.05) is 61.5 Å². The summed E-state index contributed by atoms with van der Waals surface area (Å²) in [5.74, 6) is 0.229. The molecule has 0 fully saturated rings. The van der Waals surface area contributed by atoms with Gasteiger partial charge in [0.2, 0.25) is 0 Å². The Balaban J connectivity index is 2.06. The van der Waals surface area contributed by atoms with Crippen LogP contribution in [0.3, 0.4) is 0 Å². The van der Waals surface area contributed by atoms with E-state index in [9.17, 15) is 9.32 Å². The molecule has 2 atom stereocenters. The van der Waals surface area contributed by atoms with Crippen molar-refractivity contribution in [3.05, 3.63) is 65.7 Å². The molecule has 0 aliphatic carbocycles. The van der Waals surface area contributed by atoms with Gasteiger partial charge in [-0.3, -0.25) is 4.21 Å². The van der Waals surface area contributed by atoms with E-state index < -0.39 is 16.9 Å². The molecule has 0 spiro atoms. The van der Waals surface area contributed by atoms with Crippen LogP contribution in [0.4, 0.5) is 0 Å². The highest BCUT2D eigenvalue weighted by molar-refractivity contribution is 7.85. The van der Waals surface area contributed by atoms with Crippen LogP contribution in [0.15, 0.2) is 59.5 Å². The van der Waals surface area contributed by atoms with Crippen molar-refractivity contribution in [3.63, 3.8) is 0 Å². The molecule has 18 heavy (non-hydrogen) atoms. The average Bonchev–Trinajstić information content (AvgIpc) is 2.40. The maximum Gasteiger partial charge on any atom is 0.0908 e. The van der Waals surface area contributed by atoms with Crippen molar-refractivity contribution in [1.29, 1.82) is 0 Å². The lowest BCUT2D eigenvalue weighted by Gasteiger charge is -2.10. The molecular weight excluding hydrogens is 244 g/mol. The summed E-state index contributed by atoms with van der Waals surface area (Å²) in [5.41, 5.74) is 1.94. The van der Waals surface area contributed by atoms with Crippen molar-refractivity contribution < 1.29 is 9.32 Å². The Morgan fingerprint density at radius 1 is 1.06 bits per heavy atom. The zero-order chi connectivity index (χ0) is 13.0. The van der Waals surface area contributed by atoms with Gasteiger partial charge in [-0.15, -0.1) is 0 Å². The fraction of sp³-hybridized carbons (Fsp3) is 0.200. The Morgan fingerprint density at radius 2 is 1.67 bits per heavy atom. The van der Waals surface area contributed by atoms with Gasteiger partial charge in [-0.1, -0.05) is 48.0 Å².